The molecule has 1 aromatic rings. The van der Waals surface area contributed by atoms with Crippen LogP contribution in [0.25, 0.3) is 0 Å². The van der Waals surface area contributed by atoms with Gasteiger partial charge in [0.05, 0.1) is 5.75 Å². The van der Waals surface area contributed by atoms with Gasteiger partial charge >= 0.3 is 0 Å². The molecule has 0 bridgehead atoms. The third-order valence-corrected chi connectivity index (χ3v) is 5.14. The second kappa shape index (κ2) is 5.19. The minimum atomic E-state index is -2.97. The first-order valence-electron chi connectivity index (χ1n) is 6.11. The highest BCUT2D eigenvalue weighted by Gasteiger charge is 2.24. The summed E-state index contributed by atoms with van der Waals surface area (Å²) < 4.78 is 25.2. The zero-order chi connectivity index (χ0) is 12.3. The fourth-order valence-electron chi connectivity index (χ4n) is 2.21. The quantitative estimate of drug-likeness (QED) is 0.826. The number of sulfonamides is 1. The molecule has 1 saturated heterocycles. The van der Waals surface area contributed by atoms with Crippen LogP contribution in [0.1, 0.15) is 24.0 Å². The van der Waals surface area contributed by atoms with Crippen LogP contribution in [0.2, 0.25) is 0 Å². The predicted molar refractivity (Wildman–Crippen MR) is 69.5 cm³/mol. The van der Waals surface area contributed by atoms with Crippen LogP contribution in [0.5, 0.6) is 0 Å². The first kappa shape index (κ1) is 12.6. The predicted octanol–water partition coefficient (Wildman–Crippen LogP) is 1.96. The van der Waals surface area contributed by atoms with Crippen molar-refractivity contribution in [2.75, 3.05) is 18.8 Å². The molecule has 2 rings (SSSR count). The summed E-state index contributed by atoms with van der Waals surface area (Å²) in [6.07, 6.45) is 2.61. The Morgan fingerprint density at radius 3 is 2.82 bits per heavy atom. The van der Waals surface area contributed by atoms with Crippen molar-refractivity contribution in [1.82, 2.24) is 4.31 Å². The molecule has 4 heteroatoms. The average Bonchev–Trinajstić information content (AvgIpc) is 2.27. The average molecular weight is 253 g/mol. The molecular formula is C13H19NO2S. The van der Waals surface area contributed by atoms with Gasteiger partial charge in [0.1, 0.15) is 0 Å². The van der Waals surface area contributed by atoms with Crippen molar-refractivity contribution < 1.29 is 8.42 Å². The molecule has 1 heterocycles. The van der Waals surface area contributed by atoms with Gasteiger partial charge in [-0.2, -0.15) is 0 Å². The van der Waals surface area contributed by atoms with Crippen LogP contribution >= 0.6 is 0 Å². The van der Waals surface area contributed by atoms with Crippen molar-refractivity contribution >= 4 is 10.0 Å². The van der Waals surface area contributed by atoms with Crippen LogP contribution in [0.4, 0.5) is 0 Å². The van der Waals surface area contributed by atoms with Gasteiger partial charge in [-0.25, -0.2) is 12.7 Å². The number of rotatable bonds is 3. The molecule has 94 valence electrons. The Morgan fingerprint density at radius 1 is 1.29 bits per heavy atom. The maximum absolute atomic E-state index is 11.8. The fraction of sp³-hybridized carbons (Fsp3) is 0.538. The van der Waals surface area contributed by atoms with Gasteiger partial charge in [0.2, 0.25) is 10.0 Å². The highest BCUT2D eigenvalue weighted by molar-refractivity contribution is 7.89. The molecule has 0 aromatic heterocycles. The van der Waals surface area contributed by atoms with Crippen molar-refractivity contribution in [2.24, 2.45) is 0 Å². The van der Waals surface area contributed by atoms with E-state index in [0.717, 1.165) is 19.3 Å². The summed E-state index contributed by atoms with van der Waals surface area (Å²) in [5, 5.41) is 0. The van der Waals surface area contributed by atoms with Crippen molar-refractivity contribution in [1.29, 1.82) is 0 Å². The normalized spacial score (nSPS) is 20.3. The van der Waals surface area contributed by atoms with E-state index in [1.807, 2.05) is 6.07 Å². The summed E-state index contributed by atoms with van der Waals surface area (Å²) in [6, 6.07) is 8.26. The molecule has 0 atom stereocenters. The van der Waals surface area contributed by atoms with E-state index in [0.29, 0.717) is 18.8 Å². The Balaban J connectivity index is 1.98. The Bertz CT molecular complexity index is 482. The summed E-state index contributed by atoms with van der Waals surface area (Å²) in [5.41, 5.74) is 2.44. The van der Waals surface area contributed by atoms with E-state index in [1.54, 1.807) is 4.31 Å². The zero-order valence-electron chi connectivity index (χ0n) is 10.2. The molecule has 0 N–H and O–H groups in total. The maximum Gasteiger partial charge on any atom is 0.214 e. The van der Waals surface area contributed by atoms with E-state index in [9.17, 15) is 8.42 Å². The summed E-state index contributed by atoms with van der Waals surface area (Å²) in [4.78, 5) is 0. The lowest BCUT2D eigenvalue weighted by atomic mass is 10.1. The molecule has 0 amide bonds. The van der Waals surface area contributed by atoms with E-state index in [-0.39, 0.29) is 0 Å². The lowest BCUT2D eigenvalue weighted by Crippen LogP contribution is -2.39. The molecule has 1 aromatic carbocycles. The van der Waals surface area contributed by atoms with Gasteiger partial charge in [-0.1, -0.05) is 29.8 Å². The smallest absolute Gasteiger partial charge is 0.212 e. The van der Waals surface area contributed by atoms with Gasteiger partial charge in [0.25, 0.3) is 0 Å². The molecular weight excluding hydrogens is 234 g/mol. The molecule has 0 saturated carbocycles. The van der Waals surface area contributed by atoms with Crippen LogP contribution in [0.3, 0.4) is 0 Å². The molecule has 3 nitrogen and oxygen atoms in total. The molecule has 0 spiro atoms. The Labute approximate surface area is 104 Å². The summed E-state index contributed by atoms with van der Waals surface area (Å²) in [5.74, 6) is 0.320. The van der Waals surface area contributed by atoms with E-state index in [1.165, 1.54) is 11.1 Å². The highest BCUT2D eigenvalue weighted by atomic mass is 32.2. The standard InChI is InChI=1S/C13H19NO2S/c1-12-5-4-6-13(11-12)7-9-14-8-2-3-10-17(14,15)16/h4-6,11H,2-3,7-10H2,1H3. The third kappa shape index (κ3) is 3.30. The summed E-state index contributed by atoms with van der Waals surface area (Å²) in [6.45, 7) is 3.36. The lowest BCUT2D eigenvalue weighted by molar-refractivity contribution is 0.386. The van der Waals surface area contributed by atoms with E-state index in [4.69, 9.17) is 0 Å². The minimum absolute atomic E-state index is 0.320. The monoisotopic (exact) mass is 253 g/mol. The maximum atomic E-state index is 11.8. The molecule has 17 heavy (non-hydrogen) atoms. The van der Waals surface area contributed by atoms with Crippen LogP contribution in [0, 0.1) is 6.92 Å². The van der Waals surface area contributed by atoms with Gasteiger partial charge in [-0.3, -0.25) is 0 Å². The summed E-state index contributed by atoms with van der Waals surface area (Å²) >= 11 is 0. The van der Waals surface area contributed by atoms with Crippen molar-refractivity contribution in [2.45, 2.75) is 26.2 Å². The van der Waals surface area contributed by atoms with Crippen LogP contribution < -0.4 is 0 Å². The molecule has 0 aliphatic carbocycles. The number of hydrogen-bond acceptors (Lipinski definition) is 2. The van der Waals surface area contributed by atoms with E-state index >= 15 is 0 Å². The van der Waals surface area contributed by atoms with Crippen LogP contribution in [0.15, 0.2) is 24.3 Å². The van der Waals surface area contributed by atoms with Gasteiger partial charge in [0.15, 0.2) is 0 Å². The Kier molecular flexibility index (Phi) is 3.84. The Morgan fingerprint density at radius 2 is 2.12 bits per heavy atom. The van der Waals surface area contributed by atoms with Crippen molar-refractivity contribution in [3.63, 3.8) is 0 Å². The first-order valence-corrected chi connectivity index (χ1v) is 7.72. The second-order valence-electron chi connectivity index (χ2n) is 4.66. The topological polar surface area (TPSA) is 37.4 Å². The summed E-state index contributed by atoms with van der Waals surface area (Å²) in [7, 11) is -2.97. The van der Waals surface area contributed by atoms with Crippen LogP contribution in [-0.4, -0.2) is 31.6 Å². The van der Waals surface area contributed by atoms with Gasteiger partial charge in [-0.15, -0.1) is 0 Å². The lowest BCUT2D eigenvalue weighted by Gasteiger charge is -2.26. The van der Waals surface area contributed by atoms with Crippen LogP contribution in [-0.2, 0) is 16.4 Å². The van der Waals surface area contributed by atoms with E-state index < -0.39 is 10.0 Å². The minimum Gasteiger partial charge on any atom is -0.212 e. The number of hydrogen-bond donors (Lipinski definition) is 0. The van der Waals surface area contributed by atoms with Crippen molar-refractivity contribution in [3.8, 4) is 0 Å². The van der Waals surface area contributed by atoms with Gasteiger partial charge < -0.3 is 0 Å². The number of nitrogens with zero attached hydrogens (tertiary/aromatic N) is 1. The molecule has 1 fully saturated rings. The van der Waals surface area contributed by atoms with Crippen molar-refractivity contribution in [3.05, 3.63) is 35.4 Å². The zero-order valence-corrected chi connectivity index (χ0v) is 11.0. The van der Waals surface area contributed by atoms with E-state index in [2.05, 4.69) is 25.1 Å². The van der Waals surface area contributed by atoms with Gasteiger partial charge in [-0.05, 0) is 31.7 Å². The highest BCUT2D eigenvalue weighted by Crippen LogP contribution is 2.14. The fourth-order valence-corrected chi connectivity index (χ4v) is 3.82. The molecule has 1 aliphatic rings. The largest absolute Gasteiger partial charge is 0.214 e. The SMILES string of the molecule is Cc1cccc(CCN2CCCCS2(=O)=O)c1. The third-order valence-electron chi connectivity index (χ3n) is 3.19. The molecule has 0 unspecified atom stereocenters. The first-order chi connectivity index (χ1) is 8.08. The molecule has 0 radical (unpaired) electrons. The van der Waals surface area contributed by atoms with Gasteiger partial charge in [0, 0.05) is 13.1 Å². The number of aryl methyl sites for hydroxylation is 1. The number of benzene rings is 1. The Hall–Kier alpha value is -0.870. The second-order valence-corrected chi connectivity index (χ2v) is 6.75. The molecule has 1 aliphatic heterocycles.